The van der Waals surface area contributed by atoms with Crippen molar-refractivity contribution < 1.29 is 6.11 Å². The molecule has 1 heterocycles. The van der Waals surface area contributed by atoms with Gasteiger partial charge in [0.1, 0.15) is 6.61 Å². The average Bonchev–Trinajstić information content (AvgIpc) is 2.43. The van der Waals surface area contributed by atoms with Gasteiger partial charge in [0.15, 0.2) is 0 Å². The maximum Gasteiger partial charge on any atom is 0.106 e. The fourth-order valence-electron chi connectivity index (χ4n) is 2.26. The summed E-state index contributed by atoms with van der Waals surface area (Å²) >= 11 is 0. The van der Waals surface area contributed by atoms with Crippen LogP contribution in [-0.2, 0) is 4.74 Å². The third-order valence-electron chi connectivity index (χ3n) is 3.40. The van der Waals surface area contributed by atoms with E-state index in [9.17, 15) is 0 Å². The van der Waals surface area contributed by atoms with Crippen LogP contribution < -0.4 is 0 Å². The smallest absolute Gasteiger partial charge is 0.106 e. The van der Waals surface area contributed by atoms with Crippen LogP contribution in [0.3, 0.4) is 0 Å². The minimum absolute atomic E-state index is 0.0395. The Bertz CT molecular complexity index is 270. The largest absolute Gasteiger partial charge is 0.497 e. The molecule has 0 amide bonds. The third kappa shape index (κ3) is 8.38. The molecule has 1 atom stereocenters. The van der Waals surface area contributed by atoms with E-state index in [0.29, 0.717) is 6.61 Å². The van der Waals surface area contributed by atoms with Crippen LogP contribution in [0.25, 0.3) is 0 Å². The molecule has 1 nitrogen and oxygen atoms in total. The minimum atomic E-state index is 0.0395. The van der Waals surface area contributed by atoms with E-state index in [-0.39, 0.29) is 6.40 Å². The van der Waals surface area contributed by atoms with Crippen LogP contribution in [0.4, 0.5) is 0 Å². The van der Waals surface area contributed by atoms with E-state index in [1.165, 1.54) is 56.9 Å². The fraction of sp³-hybridized carbons (Fsp3) is 0.765. The first-order chi connectivity index (χ1) is 9.33. The summed E-state index contributed by atoms with van der Waals surface area (Å²) in [5.74, 6) is 0. The Labute approximate surface area is 115 Å². The Hall–Kier alpha value is -0.720. The van der Waals surface area contributed by atoms with E-state index in [0.717, 1.165) is 12.8 Å². The van der Waals surface area contributed by atoms with Crippen molar-refractivity contribution in [3.8, 4) is 0 Å². The summed E-state index contributed by atoms with van der Waals surface area (Å²) < 4.78 is 13.3. The first-order valence-electron chi connectivity index (χ1n) is 8.30. The second kappa shape index (κ2) is 11.4. The minimum Gasteiger partial charge on any atom is -0.497 e. The maximum atomic E-state index is 8.05. The summed E-state index contributed by atoms with van der Waals surface area (Å²) in [6, 6.07) is 0. The molecule has 0 aromatic heterocycles. The summed E-state index contributed by atoms with van der Waals surface area (Å²) in [7, 11) is 0. The lowest BCUT2D eigenvalue weighted by Crippen LogP contribution is -1.92. The molecule has 0 spiro atoms. The Balaban J connectivity index is 1.91. The summed E-state index contributed by atoms with van der Waals surface area (Å²) in [5, 5.41) is 0. The van der Waals surface area contributed by atoms with Crippen molar-refractivity contribution in [1.82, 2.24) is 0 Å². The molecule has 1 heteroatoms. The molecule has 0 aliphatic carbocycles. The van der Waals surface area contributed by atoms with Crippen molar-refractivity contribution >= 4 is 0 Å². The number of hydrogen-bond donors (Lipinski definition) is 0. The summed E-state index contributed by atoms with van der Waals surface area (Å²) in [4.78, 5) is 0. The summed E-state index contributed by atoms with van der Waals surface area (Å²) in [6.45, 7) is 2.95. The van der Waals surface area contributed by atoms with Crippen LogP contribution in [0.1, 0.15) is 78.9 Å². The molecule has 0 fully saturated rings. The average molecular weight is 251 g/mol. The lowest BCUT2D eigenvalue weighted by molar-refractivity contribution is 0.281. The molecule has 0 saturated carbocycles. The molecule has 18 heavy (non-hydrogen) atoms. The van der Waals surface area contributed by atoms with Gasteiger partial charge in [0, 0.05) is 1.37 Å². The predicted octanol–water partition coefficient (Wildman–Crippen LogP) is 5.77. The van der Waals surface area contributed by atoms with Crippen LogP contribution in [-0.4, -0.2) is 6.61 Å². The fourth-order valence-corrected chi connectivity index (χ4v) is 2.26. The quantitative estimate of drug-likeness (QED) is 0.424. The predicted molar refractivity (Wildman–Crippen MR) is 79.6 cm³/mol. The molecule has 0 N–H and O–H groups in total. The van der Waals surface area contributed by atoms with Crippen molar-refractivity contribution in [3.05, 3.63) is 24.0 Å². The van der Waals surface area contributed by atoms with E-state index in [1.54, 1.807) is 0 Å². The molecule has 1 rings (SSSR count). The summed E-state index contributed by atoms with van der Waals surface area (Å²) in [6.07, 6.45) is 18.6. The van der Waals surface area contributed by atoms with Crippen LogP contribution in [0.15, 0.2) is 24.0 Å². The normalized spacial score (nSPS) is 16.9. The molecule has 1 aliphatic rings. The second-order valence-electron chi connectivity index (χ2n) is 5.18. The Kier molecular flexibility index (Phi) is 8.66. The van der Waals surface area contributed by atoms with Gasteiger partial charge in [-0.15, -0.1) is 0 Å². The molecule has 1 unspecified atom stereocenters. The SMILES string of the molecule is [2H]C(CCCCCCCCCC)CC1=COCC=C1. The van der Waals surface area contributed by atoms with Gasteiger partial charge in [0.2, 0.25) is 0 Å². The first kappa shape index (κ1) is 13.7. The highest BCUT2D eigenvalue weighted by Crippen LogP contribution is 2.15. The molecule has 0 saturated heterocycles. The lowest BCUT2D eigenvalue weighted by Gasteiger charge is -2.07. The molecule has 0 bridgehead atoms. The van der Waals surface area contributed by atoms with Crippen LogP contribution in [0.2, 0.25) is 0 Å². The highest BCUT2D eigenvalue weighted by molar-refractivity contribution is 5.18. The Morgan fingerprint density at radius 1 is 1.06 bits per heavy atom. The monoisotopic (exact) mass is 251 g/mol. The molecule has 0 radical (unpaired) electrons. The van der Waals surface area contributed by atoms with E-state index < -0.39 is 0 Å². The standard InChI is InChI=1S/C17H30O/c1-2-3-4-5-6-7-8-9-10-11-13-17-14-12-15-18-16-17/h12,14,16H,2-11,13,15H2,1H3/i11D. The second-order valence-corrected chi connectivity index (χ2v) is 5.18. The molecule has 1 aliphatic heterocycles. The first-order valence-corrected chi connectivity index (χ1v) is 7.72. The van der Waals surface area contributed by atoms with E-state index in [1.807, 2.05) is 12.3 Å². The molecule has 0 aromatic rings. The molecule has 104 valence electrons. The van der Waals surface area contributed by atoms with Crippen molar-refractivity contribution in [2.45, 2.75) is 77.5 Å². The van der Waals surface area contributed by atoms with Crippen LogP contribution in [0, 0.1) is 0 Å². The number of unbranched alkanes of at least 4 members (excludes halogenated alkanes) is 7. The van der Waals surface area contributed by atoms with Gasteiger partial charge in [-0.25, -0.2) is 0 Å². The van der Waals surface area contributed by atoms with Gasteiger partial charge >= 0.3 is 0 Å². The van der Waals surface area contributed by atoms with Crippen LogP contribution >= 0.6 is 0 Å². The number of hydrogen-bond acceptors (Lipinski definition) is 1. The molecule has 0 aromatic carbocycles. The highest BCUT2D eigenvalue weighted by Gasteiger charge is 1.98. The van der Waals surface area contributed by atoms with Crippen LogP contribution in [0.5, 0.6) is 0 Å². The van der Waals surface area contributed by atoms with Crippen molar-refractivity contribution in [2.24, 2.45) is 0 Å². The molecular formula is C17H30O. The maximum absolute atomic E-state index is 8.05. The van der Waals surface area contributed by atoms with Gasteiger partial charge in [0.25, 0.3) is 0 Å². The number of ether oxygens (including phenoxy) is 1. The topological polar surface area (TPSA) is 9.23 Å². The van der Waals surface area contributed by atoms with Gasteiger partial charge in [-0.1, -0.05) is 70.8 Å². The van der Waals surface area contributed by atoms with Gasteiger partial charge in [-0.2, -0.15) is 0 Å². The van der Waals surface area contributed by atoms with Gasteiger partial charge in [-0.3, -0.25) is 0 Å². The third-order valence-corrected chi connectivity index (χ3v) is 3.40. The van der Waals surface area contributed by atoms with E-state index in [2.05, 4.69) is 13.0 Å². The van der Waals surface area contributed by atoms with Gasteiger partial charge < -0.3 is 4.74 Å². The van der Waals surface area contributed by atoms with Gasteiger partial charge in [0.05, 0.1) is 6.26 Å². The van der Waals surface area contributed by atoms with Crippen molar-refractivity contribution in [1.29, 1.82) is 0 Å². The highest BCUT2D eigenvalue weighted by atomic mass is 16.5. The zero-order chi connectivity index (χ0) is 13.8. The zero-order valence-corrected chi connectivity index (χ0v) is 12.0. The van der Waals surface area contributed by atoms with E-state index in [4.69, 9.17) is 6.11 Å². The number of allylic oxidation sites excluding steroid dienone is 2. The number of rotatable bonds is 11. The summed E-state index contributed by atoms with van der Waals surface area (Å²) in [5.41, 5.74) is 1.17. The Morgan fingerprint density at radius 2 is 1.72 bits per heavy atom. The van der Waals surface area contributed by atoms with Crippen molar-refractivity contribution in [2.75, 3.05) is 6.61 Å². The molecular weight excluding hydrogens is 220 g/mol. The zero-order valence-electron chi connectivity index (χ0n) is 13.0. The van der Waals surface area contributed by atoms with Gasteiger partial charge in [-0.05, 0) is 24.5 Å². The lowest BCUT2D eigenvalue weighted by atomic mass is 10.0. The van der Waals surface area contributed by atoms with Crippen molar-refractivity contribution in [3.63, 3.8) is 0 Å². The van der Waals surface area contributed by atoms with E-state index >= 15 is 0 Å². The Morgan fingerprint density at radius 3 is 2.33 bits per heavy atom.